The van der Waals surface area contributed by atoms with Crippen molar-refractivity contribution in [3.05, 3.63) is 94.0 Å². The van der Waals surface area contributed by atoms with E-state index < -0.39 is 17.7 Å². The van der Waals surface area contributed by atoms with Crippen LogP contribution in [0.15, 0.2) is 66.7 Å². The van der Waals surface area contributed by atoms with E-state index in [1.165, 1.54) is 30.3 Å². The second kappa shape index (κ2) is 10.7. The quantitative estimate of drug-likeness (QED) is 0.356. The van der Waals surface area contributed by atoms with Crippen LogP contribution in [0.5, 0.6) is 5.75 Å². The lowest BCUT2D eigenvalue weighted by atomic mass is 10.1. The maximum Gasteiger partial charge on any atom is 0.417 e. The Balaban J connectivity index is 1.79. The maximum atomic E-state index is 13.8. The molecule has 0 unspecified atom stereocenters. The molecule has 3 aromatic rings. The van der Waals surface area contributed by atoms with Gasteiger partial charge in [-0.05, 0) is 41.5 Å². The predicted octanol–water partition coefficient (Wildman–Crippen LogP) is 6.40. The van der Waals surface area contributed by atoms with Crippen LogP contribution >= 0.6 is 23.8 Å². The van der Waals surface area contributed by atoms with Crippen molar-refractivity contribution in [3.8, 4) is 5.75 Å². The molecule has 4 nitrogen and oxygen atoms in total. The molecular formula is C24H19ClF3NO3S. The van der Waals surface area contributed by atoms with Gasteiger partial charge in [0.2, 0.25) is 0 Å². The number of hydrogen-bond acceptors (Lipinski definition) is 3. The average Bonchev–Trinajstić information content (AvgIpc) is 2.76. The first kappa shape index (κ1) is 24.5. The van der Waals surface area contributed by atoms with E-state index in [9.17, 15) is 18.0 Å². The SMILES string of the molecule is O=C(O)Cc1ccc(Cl)c(NC(=S)c2ccc(OCCc3ccccc3)cc2C(F)(F)F)c1. The molecular weight excluding hydrogens is 475 g/mol. The summed E-state index contributed by atoms with van der Waals surface area (Å²) in [6.45, 7) is 0.218. The number of benzene rings is 3. The van der Waals surface area contributed by atoms with Crippen molar-refractivity contribution in [2.24, 2.45) is 0 Å². The van der Waals surface area contributed by atoms with Gasteiger partial charge in [0.15, 0.2) is 0 Å². The highest BCUT2D eigenvalue weighted by molar-refractivity contribution is 7.81. The number of ether oxygens (including phenoxy) is 1. The Kier molecular flexibility index (Phi) is 7.94. The molecule has 0 atom stereocenters. The minimum atomic E-state index is -4.67. The Morgan fingerprint density at radius 1 is 1.03 bits per heavy atom. The Morgan fingerprint density at radius 3 is 2.42 bits per heavy atom. The Labute approximate surface area is 199 Å². The van der Waals surface area contributed by atoms with E-state index in [0.717, 1.165) is 11.6 Å². The predicted molar refractivity (Wildman–Crippen MR) is 125 cm³/mol. The fourth-order valence-electron chi connectivity index (χ4n) is 3.12. The number of anilines is 1. The number of carbonyl (C=O) groups is 1. The van der Waals surface area contributed by atoms with Gasteiger partial charge in [-0.1, -0.05) is 60.2 Å². The Bertz CT molecular complexity index is 1150. The van der Waals surface area contributed by atoms with Gasteiger partial charge in [-0.15, -0.1) is 0 Å². The van der Waals surface area contributed by atoms with Crippen LogP contribution in [-0.4, -0.2) is 22.7 Å². The number of nitrogens with one attached hydrogen (secondary N) is 1. The zero-order valence-electron chi connectivity index (χ0n) is 17.2. The topological polar surface area (TPSA) is 58.6 Å². The summed E-state index contributed by atoms with van der Waals surface area (Å²) in [5.41, 5.74) is 0.465. The van der Waals surface area contributed by atoms with E-state index in [1.54, 1.807) is 0 Å². The molecule has 0 saturated carbocycles. The summed E-state index contributed by atoms with van der Waals surface area (Å²) in [4.78, 5) is 10.7. The number of rotatable bonds is 8. The lowest BCUT2D eigenvalue weighted by molar-refractivity contribution is -0.138. The first-order valence-corrected chi connectivity index (χ1v) is 10.6. The number of thiocarbonyl (C=S) groups is 1. The monoisotopic (exact) mass is 493 g/mol. The third-order valence-corrected chi connectivity index (χ3v) is 5.33. The van der Waals surface area contributed by atoms with E-state index in [-0.39, 0.29) is 40.0 Å². The summed E-state index contributed by atoms with van der Waals surface area (Å²) in [6.07, 6.45) is -4.38. The zero-order chi connectivity index (χ0) is 24.0. The van der Waals surface area contributed by atoms with Crippen molar-refractivity contribution in [1.82, 2.24) is 0 Å². The van der Waals surface area contributed by atoms with Crippen molar-refractivity contribution >= 4 is 40.5 Å². The van der Waals surface area contributed by atoms with Crippen LogP contribution in [0.2, 0.25) is 5.02 Å². The lowest BCUT2D eigenvalue weighted by Crippen LogP contribution is -2.18. The molecule has 9 heteroatoms. The summed E-state index contributed by atoms with van der Waals surface area (Å²) >= 11 is 11.3. The number of carboxylic acids is 1. The number of halogens is 4. The summed E-state index contributed by atoms with van der Waals surface area (Å²) < 4.78 is 46.8. The normalized spacial score (nSPS) is 11.2. The van der Waals surface area contributed by atoms with Crippen molar-refractivity contribution in [3.63, 3.8) is 0 Å². The molecule has 0 amide bonds. The average molecular weight is 494 g/mol. The minimum absolute atomic E-state index is 0.0753. The molecule has 3 rings (SSSR count). The summed E-state index contributed by atoms with van der Waals surface area (Å²) in [5, 5.41) is 11.8. The second-order valence-electron chi connectivity index (χ2n) is 7.13. The van der Waals surface area contributed by atoms with E-state index in [0.29, 0.717) is 12.0 Å². The largest absolute Gasteiger partial charge is 0.493 e. The third kappa shape index (κ3) is 6.94. The van der Waals surface area contributed by atoms with Gasteiger partial charge in [-0.2, -0.15) is 13.2 Å². The van der Waals surface area contributed by atoms with Gasteiger partial charge in [0.1, 0.15) is 10.7 Å². The van der Waals surface area contributed by atoms with Crippen LogP contribution in [0.3, 0.4) is 0 Å². The minimum Gasteiger partial charge on any atom is -0.493 e. The number of aliphatic carboxylic acids is 1. The van der Waals surface area contributed by atoms with Crippen LogP contribution in [0.4, 0.5) is 18.9 Å². The molecule has 0 saturated heterocycles. The van der Waals surface area contributed by atoms with Crippen molar-refractivity contribution in [2.45, 2.75) is 19.0 Å². The van der Waals surface area contributed by atoms with Crippen LogP contribution in [0.1, 0.15) is 22.3 Å². The fraction of sp³-hybridized carbons (Fsp3) is 0.167. The van der Waals surface area contributed by atoms with Gasteiger partial charge in [0.25, 0.3) is 0 Å². The molecule has 0 aliphatic carbocycles. The molecule has 2 N–H and O–H groups in total. The first-order chi connectivity index (χ1) is 15.6. The second-order valence-corrected chi connectivity index (χ2v) is 7.94. The van der Waals surface area contributed by atoms with Crippen molar-refractivity contribution in [1.29, 1.82) is 0 Å². The lowest BCUT2D eigenvalue weighted by Gasteiger charge is -2.17. The van der Waals surface area contributed by atoms with E-state index in [2.05, 4.69) is 5.32 Å². The Morgan fingerprint density at radius 2 is 1.76 bits per heavy atom. The maximum absolute atomic E-state index is 13.8. The third-order valence-electron chi connectivity index (χ3n) is 4.68. The van der Waals surface area contributed by atoms with E-state index in [4.69, 9.17) is 33.7 Å². The molecule has 0 aromatic heterocycles. The highest BCUT2D eigenvalue weighted by atomic mass is 35.5. The zero-order valence-corrected chi connectivity index (χ0v) is 18.7. The number of alkyl halides is 3. The molecule has 0 radical (unpaired) electrons. The smallest absolute Gasteiger partial charge is 0.417 e. The molecule has 172 valence electrons. The highest BCUT2D eigenvalue weighted by Gasteiger charge is 2.35. The summed E-state index contributed by atoms with van der Waals surface area (Å²) in [6, 6.07) is 17.5. The van der Waals surface area contributed by atoms with Crippen LogP contribution < -0.4 is 10.1 Å². The van der Waals surface area contributed by atoms with Gasteiger partial charge in [0, 0.05) is 12.0 Å². The van der Waals surface area contributed by atoms with Gasteiger partial charge in [-0.25, -0.2) is 0 Å². The molecule has 0 fully saturated rings. The molecule has 0 heterocycles. The van der Waals surface area contributed by atoms with Gasteiger partial charge >= 0.3 is 12.1 Å². The van der Waals surface area contributed by atoms with E-state index in [1.807, 2.05) is 30.3 Å². The summed E-state index contributed by atoms with van der Waals surface area (Å²) in [7, 11) is 0. The molecule has 0 aliphatic rings. The van der Waals surface area contributed by atoms with Crippen molar-refractivity contribution < 1.29 is 27.8 Å². The molecule has 0 bridgehead atoms. The molecule has 33 heavy (non-hydrogen) atoms. The van der Waals surface area contributed by atoms with Crippen LogP contribution in [-0.2, 0) is 23.8 Å². The Hall–Kier alpha value is -3.10. The number of carboxylic acid groups (broad SMARTS) is 1. The highest BCUT2D eigenvalue weighted by Crippen LogP contribution is 2.35. The molecule has 0 aliphatic heterocycles. The number of hydrogen-bond donors (Lipinski definition) is 2. The van der Waals surface area contributed by atoms with Crippen molar-refractivity contribution in [2.75, 3.05) is 11.9 Å². The van der Waals surface area contributed by atoms with Crippen LogP contribution in [0.25, 0.3) is 0 Å². The summed E-state index contributed by atoms with van der Waals surface area (Å²) in [5.74, 6) is -0.973. The van der Waals surface area contributed by atoms with E-state index >= 15 is 0 Å². The standard InChI is InChI=1S/C24H19ClF3NO3S/c25-20-9-6-16(13-22(30)31)12-21(20)29-23(33)18-8-7-17(14-19(18)24(26,27)28)32-11-10-15-4-2-1-3-5-15/h1-9,12,14H,10-11,13H2,(H,29,33)(H,30,31). The van der Waals surface area contributed by atoms with Gasteiger partial charge in [-0.3, -0.25) is 4.79 Å². The van der Waals surface area contributed by atoms with Gasteiger partial charge < -0.3 is 15.2 Å². The van der Waals surface area contributed by atoms with Gasteiger partial charge in [0.05, 0.1) is 29.3 Å². The molecule has 0 spiro atoms. The van der Waals surface area contributed by atoms with Crippen LogP contribution in [0, 0.1) is 0 Å². The fourth-order valence-corrected chi connectivity index (χ4v) is 3.57. The molecule has 3 aromatic carbocycles. The first-order valence-electron chi connectivity index (χ1n) is 9.83.